The maximum absolute atomic E-state index is 5.48. The van der Waals surface area contributed by atoms with Crippen molar-refractivity contribution in [3.63, 3.8) is 0 Å². The van der Waals surface area contributed by atoms with E-state index in [9.17, 15) is 0 Å². The van der Waals surface area contributed by atoms with E-state index in [4.69, 9.17) is 5.73 Å². The Bertz CT molecular complexity index is 492. The Morgan fingerprint density at radius 1 is 1.06 bits per heavy atom. The number of hydrogen-bond acceptors (Lipinski definition) is 6. The molecule has 2 rings (SSSR count). The average Bonchev–Trinajstić information content (AvgIpc) is 2.28. The lowest BCUT2D eigenvalue weighted by Crippen LogP contribution is -1.99. The minimum Gasteiger partial charge on any atom is -0.326 e. The second-order valence-electron chi connectivity index (χ2n) is 3.61. The van der Waals surface area contributed by atoms with Gasteiger partial charge in [-0.05, 0) is 31.7 Å². The topological polar surface area (TPSA) is 77.6 Å². The minimum atomic E-state index is 0.449. The van der Waals surface area contributed by atoms with E-state index in [1.807, 2.05) is 19.9 Å². The molecule has 2 aromatic heterocycles. The molecule has 0 atom stereocenters. The van der Waals surface area contributed by atoms with Crippen molar-refractivity contribution in [3.05, 3.63) is 35.4 Å². The number of aromatic nitrogens is 4. The largest absolute Gasteiger partial charge is 0.326 e. The number of nitrogens with zero attached hydrogens (tertiary/aromatic N) is 4. The molecule has 0 radical (unpaired) electrons. The van der Waals surface area contributed by atoms with E-state index in [1.54, 1.807) is 12.4 Å². The van der Waals surface area contributed by atoms with Crippen molar-refractivity contribution < 1.29 is 0 Å². The quantitative estimate of drug-likeness (QED) is 0.828. The van der Waals surface area contributed by atoms with Gasteiger partial charge in [0.15, 0.2) is 10.3 Å². The lowest BCUT2D eigenvalue weighted by Gasteiger charge is -2.02. The molecule has 0 unspecified atom stereocenters. The average molecular weight is 247 g/mol. The van der Waals surface area contributed by atoms with Gasteiger partial charge < -0.3 is 5.73 Å². The molecule has 0 saturated carbocycles. The molecule has 0 aliphatic rings. The third-order valence-electron chi connectivity index (χ3n) is 2.06. The van der Waals surface area contributed by atoms with Gasteiger partial charge in [0, 0.05) is 35.9 Å². The lowest BCUT2D eigenvalue weighted by molar-refractivity contribution is 0.876. The molecule has 17 heavy (non-hydrogen) atoms. The second kappa shape index (κ2) is 5.20. The predicted octanol–water partition coefficient (Wildman–Crippen LogP) is 1.49. The van der Waals surface area contributed by atoms with E-state index < -0.39 is 0 Å². The summed E-state index contributed by atoms with van der Waals surface area (Å²) in [6.45, 7) is 4.33. The smallest absolute Gasteiger partial charge is 0.195 e. The minimum absolute atomic E-state index is 0.449. The molecule has 2 N–H and O–H groups in total. The van der Waals surface area contributed by atoms with Crippen molar-refractivity contribution in [2.24, 2.45) is 5.73 Å². The Kier molecular flexibility index (Phi) is 3.65. The van der Waals surface area contributed by atoms with Crippen LogP contribution in [-0.2, 0) is 6.54 Å². The first-order valence-electron chi connectivity index (χ1n) is 5.18. The summed E-state index contributed by atoms with van der Waals surface area (Å²) < 4.78 is 0. The summed E-state index contributed by atoms with van der Waals surface area (Å²) in [7, 11) is 0. The van der Waals surface area contributed by atoms with Crippen LogP contribution in [-0.4, -0.2) is 19.9 Å². The maximum atomic E-state index is 5.48. The summed E-state index contributed by atoms with van der Waals surface area (Å²) in [5.74, 6) is 0. The summed E-state index contributed by atoms with van der Waals surface area (Å²) in [4.78, 5) is 17.0. The van der Waals surface area contributed by atoms with E-state index in [2.05, 4.69) is 19.9 Å². The Balaban J connectivity index is 2.19. The Hall–Kier alpha value is -1.53. The molecule has 2 heterocycles. The van der Waals surface area contributed by atoms with E-state index in [1.165, 1.54) is 11.8 Å². The molecule has 0 saturated heterocycles. The van der Waals surface area contributed by atoms with E-state index in [0.29, 0.717) is 16.9 Å². The van der Waals surface area contributed by atoms with Gasteiger partial charge in [0.2, 0.25) is 0 Å². The van der Waals surface area contributed by atoms with Crippen LogP contribution in [0.5, 0.6) is 0 Å². The number of aryl methyl sites for hydroxylation is 2. The summed E-state index contributed by atoms with van der Waals surface area (Å²) in [6.07, 6.45) is 3.44. The summed E-state index contributed by atoms with van der Waals surface area (Å²) in [6, 6.07) is 1.93. The molecule has 0 amide bonds. The fourth-order valence-electron chi connectivity index (χ4n) is 1.32. The standard InChI is InChI=1S/C11H13N5S/c1-7-3-8(2)16-11(15-7)17-10-13-5-9(4-12)6-14-10/h3,5-6H,4,12H2,1-2H3. The number of rotatable bonds is 3. The van der Waals surface area contributed by atoms with E-state index in [-0.39, 0.29) is 0 Å². The van der Waals surface area contributed by atoms with Crippen LogP contribution >= 0.6 is 11.8 Å². The monoisotopic (exact) mass is 247 g/mol. The molecule has 5 nitrogen and oxygen atoms in total. The molecule has 0 aromatic carbocycles. The Morgan fingerprint density at radius 2 is 1.65 bits per heavy atom. The summed E-state index contributed by atoms with van der Waals surface area (Å²) in [5, 5.41) is 1.30. The van der Waals surface area contributed by atoms with Gasteiger partial charge in [-0.15, -0.1) is 0 Å². The molecule has 0 fully saturated rings. The first-order valence-corrected chi connectivity index (χ1v) is 6.00. The molecule has 0 bridgehead atoms. The molecule has 6 heteroatoms. The molecular weight excluding hydrogens is 234 g/mol. The Labute approximate surface area is 104 Å². The van der Waals surface area contributed by atoms with Gasteiger partial charge in [-0.3, -0.25) is 0 Å². The fourth-order valence-corrected chi connectivity index (χ4v) is 2.08. The first kappa shape index (κ1) is 11.9. The van der Waals surface area contributed by atoms with Crippen LogP contribution in [0, 0.1) is 13.8 Å². The SMILES string of the molecule is Cc1cc(C)nc(Sc2ncc(CN)cn2)n1. The second-order valence-corrected chi connectivity index (χ2v) is 4.55. The first-order chi connectivity index (χ1) is 8.17. The fraction of sp³-hybridized carbons (Fsp3) is 0.273. The summed E-state index contributed by atoms with van der Waals surface area (Å²) in [5.41, 5.74) is 8.28. The molecule has 2 aromatic rings. The van der Waals surface area contributed by atoms with E-state index in [0.717, 1.165) is 17.0 Å². The number of hydrogen-bond donors (Lipinski definition) is 1. The molecule has 0 aliphatic heterocycles. The zero-order valence-corrected chi connectivity index (χ0v) is 10.5. The van der Waals surface area contributed by atoms with Crippen molar-refractivity contribution in [1.82, 2.24) is 19.9 Å². The van der Waals surface area contributed by atoms with Gasteiger partial charge in [0.05, 0.1) is 0 Å². The zero-order valence-electron chi connectivity index (χ0n) is 9.71. The Morgan fingerprint density at radius 3 is 2.18 bits per heavy atom. The van der Waals surface area contributed by atoms with Crippen LogP contribution < -0.4 is 5.73 Å². The van der Waals surface area contributed by atoms with Crippen LogP contribution in [0.2, 0.25) is 0 Å². The highest BCUT2D eigenvalue weighted by Gasteiger charge is 2.04. The van der Waals surface area contributed by atoms with Gasteiger partial charge >= 0.3 is 0 Å². The van der Waals surface area contributed by atoms with Crippen molar-refractivity contribution in [3.8, 4) is 0 Å². The van der Waals surface area contributed by atoms with Gasteiger partial charge in [0.25, 0.3) is 0 Å². The normalized spacial score (nSPS) is 10.5. The zero-order chi connectivity index (χ0) is 12.3. The van der Waals surface area contributed by atoms with Crippen LogP contribution in [0.15, 0.2) is 28.8 Å². The third-order valence-corrected chi connectivity index (χ3v) is 2.82. The van der Waals surface area contributed by atoms with Crippen molar-refractivity contribution in [1.29, 1.82) is 0 Å². The van der Waals surface area contributed by atoms with Crippen LogP contribution in [0.25, 0.3) is 0 Å². The van der Waals surface area contributed by atoms with Gasteiger partial charge in [-0.2, -0.15) is 0 Å². The predicted molar refractivity (Wildman–Crippen MR) is 65.6 cm³/mol. The van der Waals surface area contributed by atoms with Crippen molar-refractivity contribution in [2.75, 3.05) is 0 Å². The highest BCUT2D eigenvalue weighted by Crippen LogP contribution is 2.20. The number of nitrogens with two attached hydrogens (primary N) is 1. The van der Waals surface area contributed by atoms with Gasteiger partial charge in [-0.1, -0.05) is 0 Å². The molecule has 0 aliphatic carbocycles. The van der Waals surface area contributed by atoms with Gasteiger partial charge in [-0.25, -0.2) is 19.9 Å². The van der Waals surface area contributed by atoms with Gasteiger partial charge in [0.1, 0.15) is 0 Å². The lowest BCUT2D eigenvalue weighted by atomic mass is 10.4. The third kappa shape index (κ3) is 3.21. The van der Waals surface area contributed by atoms with Crippen LogP contribution in [0.3, 0.4) is 0 Å². The van der Waals surface area contributed by atoms with Crippen LogP contribution in [0.4, 0.5) is 0 Å². The van der Waals surface area contributed by atoms with E-state index >= 15 is 0 Å². The molecular formula is C11H13N5S. The molecule has 88 valence electrons. The maximum Gasteiger partial charge on any atom is 0.195 e. The highest BCUT2D eigenvalue weighted by atomic mass is 32.2. The van der Waals surface area contributed by atoms with Crippen molar-refractivity contribution >= 4 is 11.8 Å². The van der Waals surface area contributed by atoms with Crippen molar-refractivity contribution in [2.45, 2.75) is 30.7 Å². The summed E-state index contributed by atoms with van der Waals surface area (Å²) >= 11 is 1.35. The van der Waals surface area contributed by atoms with Crippen LogP contribution in [0.1, 0.15) is 17.0 Å². The molecule has 0 spiro atoms. The highest BCUT2D eigenvalue weighted by molar-refractivity contribution is 7.99.